The Balaban J connectivity index is 1.75. The molecule has 1 aliphatic rings. The lowest BCUT2D eigenvalue weighted by atomic mass is 10.2. The number of nitrogens with one attached hydrogen (secondary N) is 1. The monoisotopic (exact) mass is 302 g/mol. The predicted molar refractivity (Wildman–Crippen MR) is 76.2 cm³/mol. The van der Waals surface area contributed by atoms with Crippen LogP contribution >= 0.6 is 11.3 Å². The van der Waals surface area contributed by atoms with Crippen LogP contribution in [0.15, 0.2) is 16.8 Å². The zero-order valence-corrected chi connectivity index (χ0v) is 12.5. The van der Waals surface area contributed by atoms with E-state index in [2.05, 4.69) is 10.7 Å². The molecule has 0 bridgehead atoms. The summed E-state index contributed by atoms with van der Waals surface area (Å²) < 4.78 is 22.8. The van der Waals surface area contributed by atoms with Gasteiger partial charge in [0.1, 0.15) is 0 Å². The summed E-state index contributed by atoms with van der Waals surface area (Å²) in [7, 11) is -3.05. The van der Waals surface area contributed by atoms with E-state index < -0.39 is 15.1 Å². The zero-order chi connectivity index (χ0) is 13.9. The Morgan fingerprint density at radius 1 is 1.58 bits per heavy atom. The molecule has 0 saturated carbocycles. The van der Waals surface area contributed by atoms with E-state index in [1.807, 2.05) is 11.4 Å². The highest BCUT2D eigenvalue weighted by Crippen LogP contribution is 2.16. The fraction of sp³-hybridized carbons (Fsp3) is 0.583. The van der Waals surface area contributed by atoms with Crippen molar-refractivity contribution in [1.82, 2.24) is 10.2 Å². The lowest BCUT2D eigenvalue weighted by molar-refractivity contribution is 0.209. The topological polar surface area (TPSA) is 66.5 Å². The van der Waals surface area contributed by atoms with Crippen molar-refractivity contribution in [3.8, 4) is 0 Å². The summed E-state index contributed by atoms with van der Waals surface area (Å²) in [6.07, 6.45) is 2.57. The molecule has 0 spiro atoms. The third-order valence-electron chi connectivity index (χ3n) is 3.31. The number of amides is 2. The van der Waals surface area contributed by atoms with E-state index >= 15 is 0 Å². The van der Waals surface area contributed by atoms with Crippen molar-refractivity contribution in [2.75, 3.05) is 25.9 Å². The van der Waals surface area contributed by atoms with E-state index in [-0.39, 0.29) is 6.03 Å². The van der Waals surface area contributed by atoms with E-state index in [0.717, 1.165) is 6.42 Å². The number of carbonyl (C=O) groups excluding carboxylic acids is 1. The van der Waals surface area contributed by atoms with Gasteiger partial charge < -0.3 is 10.2 Å². The fourth-order valence-electron chi connectivity index (χ4n) is 2.12. The number of rotatable bonds is 4. The maximum Gasteiger partial charge on any atom is 0.317 e. The number of urea groups is 1. The molecule has 5 nitrogen and oxygen atoms in total. The minimum atomic E-state index is -3.05. The normalized spacial score (nSPS) is 19.6. The Kier molecular flexibility index (Phi) is 4.46. The molecule has 106 valence electrons. The molecule has 2 heterocycles. The molecule has 0 aliphatic carbocycles. The van der Waals surface area contributed by atoms with Gasteiger partial charge >= 0.3 is 6.03 Å². The molecular formula is C12H18N2O3S2. The second-order valence-corrected chi connectivity index (χ2v) is 7.91. The summed E-state index contributed by atoms with van der Waals surface area (Å²) in [5.74, 6) is 0. The van der Waals surface area contributed by atoms with E-state index in [0.29, 0.717) is 26.1 Å². The van der Waals surface area contributed by atoms with Crippen LogP contribution in [0.5, 0.6) is 0 Å². The van der Waals surface area contributed by atoms with Crippen LogP contribution < -0.4 is 5.32 Å². The highest BCUT2D eigenvalue weighted by molar-refractivity contribution is 7.91. The Hall–Kier alpha value is -1.08. The van der Waals surface area contributed by atoms with Gasteiger partial charge in [0.15, 0.2) is 9.84 Å². The van der Waals surface area contributed by atoms with Crippen LogP contribution in [0, 0.1) is 0 Å². The summed E-state index contributed by atoms with van der Waals surface area (Å²) in [6, 6.07) is 1.87. The summed E-state index contributed by atoms with van der Waals surface area (Å²) in [6.45, 7) is 1.40. The van der Waals surface area contributed by atoms with Gasteiger partial charge in [0, 0.05) is 25.9 Å². The average Bonchev–Trinajstić information content (AvgIpc) is 2.99. The Bertz CT molecular complexity index is 525. The third-order valence-corrected chi connectivity index (χ3v) is 5.64. The summed E-state index contributed by atoms with van der Waals surface area (Å²) in [4.78, 5) is 13.5. The van der Waals surface area contributed by atoms with Crippen molar-refractivity contribution in [3.63, 3.8) is 0 Å². The average molecular weight is 302 g/mol. The van der Waals surface area contributed by atoms with Crippen molar-refractivity contribution < 1.29 is 13.2 Å². The highest BCUT2D eigenvalue weighted by Gasteiger charge is 2.32. The molecule has 0 radical (unpaired) electrons. The van der Waals surface area contributed by atoms with Crippen molar-refractivity contribution in [1.29, 1.82) is 0 Å². The minimum absolute atomic E-state index is 0.165. The third kappa shape index (κ3) is 3.94. The molecule has 1 saturated heterocycles. The second-order valence-electron chi connectivity index (χ2n) is 4.80. The molecular weight excluding hydrogens is 284 g/mol. The molecule has 0 aromatic carbocycles. The fourth-order valence-corrected chi connectivity index (χ4v) is 3.81. The van der Waals surface area contributed by atoms with Gasteiger partial charge in [-0.1, -0.05) is 0 Å². The molecule has 1 N–H and O–H groups in total. The molecule has 1 aromatic heterocycles. The SMILES string of the molecule is CS(=O)(=O)C1CCN(C(=O)NCCc2ccsc2)C1. The number of sulfone groups is 1. The van der Waals surface area contributed by atoms with Crippen LogP contribution in [0.25, 0.3) is 0 Å². The molecule has 1 unspecified atom stereocenters. The lowest BCUT2D eigenvalue weighted by Gasteiger charge is -2.16. The van der Waals surface area contributed by atoms with Crippen LogP contribution in [0.3, 0.4) is 0 Å². The van der Waals surface area contributed by atoms with E-state index in [1.54, 1.807) is 16.2 Å². The molecule has 1 aliphatic heterocycles. The second kappa shape index (κ2) is 5.92. The highest BCUT2D eigenvalue weighted by atomic mass is 32.2. The minimum Gasteiger partial charge on any atom is -0.338 e. The van der Waals surface area contributed by atoms with Crippen LogP contribution in [-0.4, -0.2) is 50.5 Å². The summed E-state index contributed by atoms with van der Waals surface area (Å²) >= 11 is 1.64. The van der Waals surface area contributed by atoms with Crippen LogP contribution in [0.1, 0.15) is 12.0 Å². The van der Waals surface area contributed by atoms with Gasteiger partial charge in [0.25, 0.3) is 0 Å². The van der Waals surface area contributed by atoms with Gasteiger partial charge in [0.2, 0.25) is 0 Å². The molecule has 7 heteroatoms. The number of nitrogens with zero attached hydrogens (tertiary/aromatic N) is 1. The van der Waals surface area contributed by atoms with E-state index in [4.69, 9.17) is 0 Å². The molecule has 2 rings (SSSR count). The van der Waals surface area contributed by atoms with E-state index in [1.165, 1.54) is 11.8 Å². The summed E-state index contributed by atoms with van der Waals surface area (Å²) in [5.41, 5.74) is 1.21. The van der Waals surface area contributed by atoms with Crippen LogP contribution in [0.4, 0.5) is 4.79 Å². The van der Waals surface area contributed by atoms with Gasteiger partial charge in [-0.3, -0.25) is 0 Å². The Morgan fingerprint density at radius 2 is 2.37 bits per heavy atom. The standard InChI is InChI=1S/C12H18N2O3S2/c1-19(16,17)11-3-6-14(8-11)12(15)13-5-2-10-4-7-18-9-10/h4,7,9,11H,2-3,5-6,8H2,1H3,(H,13,15). The van der Waals surface area contributed by atoms with Crippen molar-refractivity contribution in [2.45, 2.75) is 18.1 Å². The van der Waals surface area contributed by atoms with Gasteiger partial charge in [0.05, 0.1) is 5.25 Å². The first-order valence-electron chi connectivity index (χ1n) is 6.19. The quantitative estimate of drug-likeness (QED) is 0.906. The Labute approximate surface area is 117 Å². The zero-order valence-electron chi connectivity index (χ0n) is 10.8. The van der Waals surface area contributed by atoms with Crippen molar-refractivity contribution in [3.05, 3.63) is 22.4 Å². The molecule has 2 amide bonds. The largest absolute Gasteiger partial charge is 0.338 e. The maximum absolute atomic E-state index is 11.9. The number of likely N-dealkylation sites (tertiary alicyclic amines) is 1. The molecule has 19 heavy (non-hydrogen) atoms. The summed E-state index contributed by atoms with van der Waals surface area (Å²) in [5, 5.41) is 6.49. The number of hydrogen-bond acceptors (Lipinski definition) is 4. The smallest absolute Gasteiger partial charge is 0.317 e. The van der Waals surface area contributed by atoms with Crippen LogP contribution in [0.2, 0.25) is 0 Å². The van der Waals surface area contributed by atoms with Crippen molar-refractivity contribution >= 4 is 27.2 Å². The maximum atomic E-state index is 11.9. The van der Waals surface area contributed by atoms with Gasteiger partial charge in [-0.05, 0) is 35.2 Å². The number of carbonyl (C=O) groups is 1. The number of thiophene rings is 1. The van der Waals surface area contributed by atoms with Gasteiger partial charge in [-0.2, -0.15) is 11.3 Å². The lowest BCUT2D eigenvalue weighted by Crippen LogP contribution is -2.40. The predicted octanol–water partition coefficient (Wildman–Crippen LogP) is 1.12. The van der Waals surface area contributed by atoms with E-state index in [9.17, 15) is 13.2 Å². The molecule has 1 fully saturated rings. The van der Waals surface area contributed by atoms with Gasteiger partial charge in [-0.25, -0.2) is 13.2 Å². The number of hydrogen-bond donors (Lipinski definition) is 1. The van der Waals surface area contributed by atoms with Crippen molar-refractivity contribution in [2.24, 2.45) is 0 Å². The van der Waals surface area contributed by atoms with Crippen LogP contribution in [-0.2, 0) is 16.3 Å². The first-order valence-corrected chi connectivity index (χ1v) is 9.09. The first kappa shape index (κ1) is 14.3. The molecule has 1 atom stereocenters. The first-order chi connectivity index (χ1) is 8.97. The van der Waals surface area contributed by atoms with Gasteiger partial charge in [-0.15, -0.1) is 0 Å². The Morgan fingerprint density at radius 3 is 2.95 bits per heavy atom. The molecule has 1 aromatic rings.